The Morgan fingerprint density at radius 2 is 1.83 bits per heavy atom. The monoisotopic (exact) mass is 422 g/mol. The number of amides is 1. The van der Waals surface area contributed by atoms with Gasteiger partial charge in [0, 0.05) is 11.4 Å². The summed E-state index contributed by atoms with van der Waals surface area (Å²) in [5, 5.41) is 0.530. The van der Waals surface area contributed by atoms with E-state index in [0.29, 0.717) is 23.1 Å². The highest BCUT2D eigenvalue weighted by molar-refractivity contribution is 7.98. The van der Waals surface area contributed by atoms with Gasteiger partial charge in [-0.2, -0.15) is 0 Å². The van der Waals surface area contributed by atoms with Crippen LogP contribution in [-0.4, -0.2) is 49.1 Å². The van der Waals surface area contributed by atoms with Crippen LogP contribution in [0.5, 0.6) is 0 Å². The highest BCUT2D eigenvalue weighted by Gasteiger charge is 2.42. The van der Waals surface area contributed by atoms with Gasteiger partial charge in [-0.05, 0) is 70.1 Å². The normalized spacial score (nSPS) is 16.0. The first-order chi connectivity index (χ1) is 14.4. The van der Waals surface area contributed by atoms with Gasteiger partial charge in [0.2, 0.25) is 5.76 Å². The summed E-state index contributed by atoms with van der Waals surface area (Å²) in [6.45, 7) is 3.37. The number of fused-ring (bicyclic) bond motifs is 2. The van der Waals surface area contributed by atoms with E-state index in [0.717, 1.165) is 29.0 Å². The summed E-state index contributed by atoms with van der Waals surface area (Å²) in [6, 6.07) is 13.2. The number of aryl methyl sites for hydroxylation is 1. The Labute approximate surface area is 180 Å². The molecule has 0 fully saturated rings. The molecule has 5 nitrogen and oxygen atoms in total. The van der Waals surface area contributed by atoms with Gasteiger partial charge in [0.25, 0.3) is 5.91 Å². The van der Waals surface area contributed by atoms with Crippen molar-refractivity contribution < 1.29 is 9.21 Å². The van der Waals surface area contributed by atoms with Crippen LogP contribution in [0.1, 0.15) is 39.7 Å². The molecule has 0 bridgehead atoms. The maximum Gasteiger partial charge on any atom is 0.290 e. The smallest absolute Gasteiger partial charge is 0.290 e. The van der Waals surface area contributed by atoms with E-state index in [-0.39, 0.29) is 17.1 Å². The molecular formula is C24H26N2O3S. The molecule has 0 aliphatic carbocycles. The molecule has 1 aliphatic rings. The van der Waals surface area contributed by atoms with Crippen LogP contribution in [0.15, 0.2) is 56.6 Å². The van der Waals surface area contributed by atoms with Crippen LogP contribution >= 0.6 is 11.8 Å². The fourth-order valence-electron chi connectivity index (χ4n) is 4.05. The lowest BCUT2D eigenvalue weighted by Crippen LogP contribution is -2.32. The van der Waals surface area contributed by atoms with E-state index >= 15 is 0 Å². The molecule has 1 atom stereocenters. The largest absolute Gasteiger partial charge is 0.450 e. The summed E-state index contributed by atoms with van der Waals surface area (Å²) in [5.74, 6) is -0.0255. The average Bonchev–Trinajstić information content (AvgIpc) is 3.01. The molecule has 0 spiro atoms. The van der Waals surface area contributed by atoms with Crippen LogP contribution < -0.4 is 5.43 Å². The van der Waals surface area contributed by atoms with E-state index in [2.05, 4.69) is 4.90 Å². The molecule has 0 N–H and O–H groups in total. The minimum atomic E-state index is -0.424. The van der Waals surface area contributed by atoms with Crippen molar-refractivity contribution in [2.75, 3.05) is 33.4 Å². The fraction of sp³-hybridized carbons (Fsp3) is 0.333. The Kier molecular flexibility index (Phi) is 5.71. The van der Waals surface area contributed by atoms with Crippen molar-refractivity contribution >= 4 is 28.6 Å². The summed E-state index contributed by atoms with van der Waals surface area (Å²) in [5.41, 5.74) is 2.73. The highest BCUT2D eigenvalue weighted by Crippen LogP contribution is 2.38. The maximum atomic E-state index is 13.5. The minimum Gasteiger partial charge on any atom is -0.450 e. The molecule has 0 unspecified atom stereocenters. The van der Waals surface area contributed by atoms with Gasteiger partial charge in [0.15, 0.2) is 5.43 Å². The summed E-state index contributed by atoms with van der Waals surface area (Å²) in [6.07, 6.45) is 2.85. The SMILES string of the molecule is CSc1ccc([C@@H]2c3c(oc4ccc(C)cc4c3=O)C(=O)N2CCCN(C)C)cc1. The lowest BCUT2D eigenvalue weighted by Gasteiger charge is -2.26. The number of hydrogen-bond donors (Lipinski definition) is 0. The Morgan fingerprint density at radius 1 is 1.10 bits per heavy atom. The zero-order valence-electron chi connectivity index (χ0n) is 17.8. The molecule has 6 heteroatoms. The highest BCUT2D eigenvalue weighted by atomic mass is 32.2. The predicted molar refractivity (Wildman–Crippen MR) is 121 cm³/mol. The Hall–Kier alpha value is -2.57. The van der Waals surface area contributed by atoms with Gasteiger partial charge < -0.3 is 14.2 Å². The van der Waals surface area contributed by atoms with Crippen molar-refractivity contribution in [2.24, 2.45) is 0 Å². The predicted octanol–water partition coefficient (Wildman–Crippen LogP) is 4.32. The standard InChI is InChI=1S/C24H26N2O3S/c1-15-6-11-19-18(14-15)22(27)20-21(16-7-9-17(30-4)10-8-16)26(13-5-12-25(2)3)24(28)23(20)29-19/h6-11,14,21H,5,12-13H2,1-4H3/t21-/m1/s1. The van der Waals surface area contributed by atoms with E-state index in [4.69, 9.17) is 4.42 Å². The van der Waals surface area contributed by atoms with E-state index in [1.807, 2.05) is 63.7 Å². The summed E-state index contributed by atoms with van der Waals surface area (Å²) < 4.78 is 6.00. The van der Waals surface area contributed by atoms with E-state index < -0.39 is 6.04 Å². The number of thioether (sulfide) groups is 1. The zero-order valence-corrected chi connectivity index (χ0v) is 18.6. The molecule has 4 rings (SSSR count). The maximum absolute atomic E-state index is 13.5. The summed E-state index contributed by atoms with van der Waals surface area (Å²) in [4.78, 5) is 31.8. The van der Waals surface area contributed by atoms with Crippen LogP contribution in [0.4, 0.5) is 0 Å². The number of rotatable bonds is 6. The molecular weight excluding hydrogens is 396 g/mol. The molecule has 156 valence electrons. The number of hydrogen-bond acceptors (Lipinski definition) is 5. The molecule has 1 amide bonds. The van der Waals surface area contributed by atoms with Crippen molar-refractivity contribution in [3.63, 3.8) is 0 Å². The van der Waals surface area contributed by atoms with Gasteiger partial charge in [-0.1, -0.05) is 23.8 Å². The minimum absolute atomic E-state index is 0.114. The van der Waals surface area contributed by atoms with E-state index in [9.17, 15) is 9.59 Å². The first kappa shape index (κ1) is 20.7. The van der Waals surface area contributed by atoms with Crippen molar-refractivity contribution in [1.29, 1.82) is 0 Å². The van der Waals surface area contributed by atoms with Gasteiger partial charge >= 0.3 is 0 Å². The van der Waals surface area contributed by atoms with Crippen molar-refractivity contribution in [2.45, 2.75) is 24.3 Å². The lowest BCUT2D eigenvalue weighted by atomic mass is 9.98. The van der Waals surface area contributed by atoms with Gasteiger partial charge in [-0.3, -0.25) is 9.59 Å². The molecule has 1 aromatic heterocycles. The molecule has 0 saturated heterocycles. The van der Waals surface area contributed by atoms with Crippen LogP contribution in [-0.2, 0) is 0 Å². The zero-order chi connectivity index (χ0) is 21.4. The quantitative estimate of drug-likeness (QED) is 0.554. The lowest BCUT2D eigenvalue weighted by molar-refractivity contribution is 0.0722. The second kappa shape index (κ2) is 8.28. The van der Waals surface area contributed by atoms with Crippen LogP contribution in [0.2, 0.25) is 0 Å². The van der Waals surface area contributed by atoms with E-state index in [1.54, 1.807) is 22.7 Å². The number of carbonyl (C=O) groups is 1. The number of carbonyl (C=O) groups excluding carboxylic acids is 1. The van der Waals surface area contributed by atoms with Gasteiger partial charge in [0.05, 0.1) is 17.0 Å². The molecule has 0 radical (unpaired) electrons. The Morgan fingerprint density at radius 3 is 2.50 bits per heavy atom. The third-order valence-electron chi connectivity index (χ3n) is 5.56. The fourth-order valence-corrected chi connectivity index (χ4v) is 4.46. The molecule has 2 heterocycles. The molecule has 1 aliphatic heterocycles. The third-order valence-corrected chi connectivity index (χ3v) is 6.30. The van der Waals surface area contributed by atoms with Crippen molar-refractivity contribution in [1.82, 2.24) is 9.80 Å². The van der Waals surface area contributed by atoms with Crippen LogP contribution in [0.3, 0.4) is 0 Å². The molecule has 30 heavy (non-hydrogen) atoms. The van der Waals surface area contributed by atoms with Crippen LogP contribution in [0.25, 0.3) is 11.0 Å². The second-order valence-electron chi connectivity index (χ2n) is 8.00. The third kappa shape index (κ3) is 3.66. The Balaban J connectivity index is 1.86. The topological polar surface area (TPSA) is 53.8 Å². The first-order valence-corrected chi connectivity index (χ1v) is 11.3. The Bertz CT molecular complexity index is 1150. The van der Waals surface area contributed by atoms with Crippen molar-refractivity contribution in [3.8, 4) is 0 Å². The summed E-state index contributed by atoms with van der Waals surface area (Å²) in [7, 11) is 4.03. The van der Waals surface area contributed by atoms with Crippen molar-refractivity contribution in [3.05, 3.63) is 75.1 Å². The summed E-state index contributed by atoms with van der Waals surface area (Å²) >= 11 is 1.66. The second-order valence-corrected chi connectivity index (χ2v) is 8.88. The van der Waals surface area contributed by atoms with Gasteiger partial charge in [-0.25, -0.2) is 0 Å². The van der Waals surface area contributed by atoms with Gasteiger partial charge in [-0.15, -0.1) is 11.8 Å². The number of nitrogens with zero attached hydrogens (tertiary/aromatic N) is 2. The van der Waals surface area contributed by atoms with Crippen LogP contribution in [0, 0.1) is 6.92 Å². The molecule has 2 aromatic carbocycles. The molecule has 3 aromatic rings. The van der Waals surface area contributed by atoms with Gasteiger partial charge in [0.1, 0.15) is 5.58 Å². The number of benzene rings is 2. The first-order valence-electron chi connectivity index (χ1n) is 10.1. The van der Waals surface area contributed by atoms with E-state index in [1.165, 1.54) is 0 Å². The average molecular weight is 423 g/mol. The molecule has 0 saturated carbocycles.